The van der Waals surface area contributed by atoms with Gasteiger partial charge in [0.15, 0.2) is 5.96 Å². The Morgan fingerprint density at radius 1 is 1.18 bits per heavy atom. The third-order valence-electron chi connectivity index (χ3n) is 7.46. The summed E-state index contributed by atoms with van der Waals surface area (Å²) in [6.45, 7) is 2.77. The fourth-order valence-corrected chi connectivity index (χ4v) is 5.39. The minimum atomic E-state index is -0.930. The second-order valence-corrected chi connectivity index (χ2v) is 9.63. The van der Waals surface area contributed by atoms with E-state index >= 15 is 0 Å². The number of hydrogen-bond donors (Lipinski definition) is 3. The first kappa shape index (κ1) is 25.5. The van der Waals surface area contributed by atoms with Gasteiger partial charge in [-0.1, -0.05) is 12.2 Å². The summed E-state index contributed by atoms with van der Waals surface area (Å²) in [6.07, 6.45) is 12.5. The predicted molar refractivity (Wildman–Crippen MR) is 127 cm³/mol. The number of nitrogens with one attached hydrogen (secondary N) is 1. The molecule has 3 rings (SSSR count). The van der Waals surface area contributed by atoms with Gasteiger partial charge in [-0.15, -0.1) is 0 Å². The van der Waals surface area contributed by atoms with Crippen LogP contribution in [0.3, 0.4) is 0 Å². The largest absolute Gasteiger partial charge is 0.481 e. The zero-order valence-corrected chi connectivity index (χ0v) is 20.0. The van der Waals surface area contributed by atoms with Crippen LogP contribution in [0, 0.1) is 5.41 Å². The van der Waals surface area contributed by atoms with E-state index in [1.807, 2.05) is 21.7 Å². The van der Waals surface area contributed by atoms with Crippen LogP contribution < -0.4 is 5.73 Å². The maximum absolute atomic E-state index is 13.6. The molecule has 3 atom stereocenters. The Hall–Kier alpha value is -2.13. The highest BCUT2D eigenvalue weighted by Gasteiger charge is 2.37. The fraction of sp³-hybridized carbons (Fsp3) is 0.792. The van der Waals surface area contributed by atoms with E-state index in [1.54, 1.807) is 0 Å². The summed E-state index contributed by atoms with van der Waals surface area (Å²) >= 11 is 0. The van der Waals surface area contributed by atoms with E-state index in [4.69, 9.17) is 15.9 Å². The summed E-state index contributed by atoms with van der Waals surface area (Å²) in [7, 11) is 1.91. The Morgan fingerprint density at radius 3 is 2.58 bits per heavy atom. The van der Waals surface area contributed by atoms with Crippen LogP contribution in [0.15, 0.2) is 12.2 Å². The highest BCUT2D eigenvalue weighted by atomic mass is 16.5. The topological polar surface area (TPSA) is 123 Å². The summed E-state index contributed by atoms with van der Waals surface area (Å²) in [4.78, 5) is 31.0. The van der Waals surface area contributed by atoms with Crippen LogP contribution in [0.1, 0.15) is 64.2 Å². The van der Waals surface area contributed by atoms with Gasteiger partial charge in [-0.3, -0.25) is 19.9 Å². The van der Waals surface area contributed by atoms with Crippen LogP contribution >= 0.6 is 0 Å². The zero-order valence-electron chi connectivity index (χ0n) is 20.0. The highest BCUT2D eigenvalue weighted by Crippen LogP contribution is 2.26. The van der Waals surface area contributed by atoms with E-state index in [-0.39, 0.29) is 36.5 Å². The van der Waals surface area contributed by atoms with E-state index in [0.29, 0.717) is 13.2 Å². The van der Waals surface area contributed by atoms with Gasteiger partial charge in [0.1, 0.15) is 0 Å². The van der Waals surface area contributed by atoms with Crippen molar-refractivity contribution in [3.05, 3.63) is 12.2 Å². The van der Waals surface area contributed by atoms with Gasteiger partial charge in [-0.25, -0.2) is 0 Å². The fourth-order valence-electron chi connectivity index (χ4n) is 5.39. The number of likely N-dealkylation sites (N-methyl/N-ethyl adjacent to an activating group) is 1. The van der Waals surface area contributed by atoms with Crippen molar-refractivity contribution in [2.75, 3.05) is 33.3 Å². The van der Waals surface area contributed by atoms with Gasteiger partial charge >= 0.3 is 5.97 Å². The summed E-state index contributed by atoms with van der Waals surface area (Å²) < 4.78 is 6.12. The number of carboxylic acids is 1. The molecular weight excluding hydrogens is 422 g/mol. The van der Waals surface area contributed by atoms with E-state index in [2.05, 4.69) is 12.2 Å². The Labute approximate surface area is 197 Å². The number of carbonyl (C=O) groups excluding carboxylic acids is 1. The number of allylic oxidation sites excluding steroid dienone is 1. The molecule has 2 fully saturated rings. The molecule has 1 amide bonds. The minimum Gasteiger partial charge on any atom is -0.481 e. The van der Waals surface area contributed by atoms with Gasteiger partial charge in [0, 0.05) is 38.3 Å². The molecule has 9 heteroatoms. The smallest absolute Gasteiger partial charge is 0.305 e. The quantitative estimate of drug-likeness (QED) is 0.271. The number of likely N-dealkylation sites (tertiary alicyclic amines) is 2. The Kier molecular flexibility index (Phi) is 9.55. The van der Waals surface area contributed by atoms with Crippen molar-refractivity contribution in [3.8, 4) is 0 Å². The van der Waals surface area contributed by atoms with Crippen LogP contribution in [0.25, 0.3) is 0 Å². The second kappa shape index (κ2) is 12.4. The lowest BCUT2D eigenvalue weighted by atomic mass is 9.95. The van der Waals surface area contributed by atoms with Crippen molar-refractivity contribution in [3.63, 3.8) is 0 Å². The lowest BCUT2D eigenvalue weighted by Crippen LogP contribution is -2.55. The number of piperidine rings is 2. The molecule has 0 aromatic heterocycles. The molecule has 186 valence electrons. The maximum Gasteiger partial charge on any atom is 0.305 e. The molecule has 2 unspecified atom stereocenters. The van der Waals surface area contributed by atoms with Gasteiger partial charge < -0.3 is 25.4 Å². The van der Waals surface area contributed by atoms with E-state index in [0.717, 1.165) is 70.9 Å². The van der Waals surface area contributed by atoms with Gasteiger partial charge in [0.05, 0.1) is 18.6 Å². The number of ether oxygens (including phenoxy) is 1. The Morgan fingerprint density at radius 2 is 1.94 bits per heavy atom. The molecule has 2 aliphatic heterocycles. The second-order valence-electron chi connectivity index (χ2n) is 9.63. The number of aliphatic carboxylic acids is 1. The molecule has 1 aliphatic carbocycles. The van der Waals surface area contributed by atoms with Crippen molar-refractivity contribution in [2.45, 2.75) is 88.4 Å². The SMILES string of the molecule is CN(C1CC=CCC1)[C@@H](CC(=O)O)C(=O)N1CCCCC1CCOC1CCN(C(=N)N)CC1. The van der Waals surface area contributed by atoms with Crippen LogP contribution in [-0.2, 0) is 14.3 Å². The molecule has 33 heavy (non-hydrogen) atoms. The van der Waals surface area contributed by atoms with Gasteiger partial charge in [0.25, 0.3) is 0 Å². The van der Waals surface area contributed by atoms with Crippen molar-refractivity contribution < 1.29 is 19.4 Å². The summed E-state index contributed by atoms with van der Waals surface area (Å²) in [5, 5.41) is 17.1. The molecule has 0 aromatic carbocycles. The molecule has 0 radical (unpaired) electrons. The van der Waals surface area contributed by atoms with Gasteiger partial charge in [-0.05, 0) is 64.8 Å². The van der Waals surface area contributed by atoms with Gasteiger partial charge in [-0.2, -0.15) is 0 Å². The third kappa shape index (κ3) is 7.17. The number of guanidine groups is 1. The van der Waals surface area contributed by atoms with E-state index in [9.17, 15) is 14.7 Å². The average molecular weight is 464 g/mol. The van der Waals surface area contributed by atoms with Crippen molar-refractivity contribution in [1.29, 1.82) is 5.41 Å². The number of nitrogens with two attached hydrogens (primary N) is 1. The molecule has 0 aromatic rings. The summed E-state index contributed by atoms with van der Waals surface area (Å²) in [6, 6.07) is -0.327. The molecule has 2 heterocycles. The van der Waals surface area contributed by atoms with Crippen LogP contribution in [-0.4, -0.2) is 95.2 Å². The Bertz CT molecular complexity index is 707. The molecule has 9 nitrogen and oxygen atoms in total. The summed E-state index contributed by atoms with van der Waals surface area (Å²) in [5.41, 5.74) is 5.56. The highest BCUT2D eigenvalue weighted by molar-refractivity contribution is 5.86. The molecule has 0 bridgehead atoms. The third-order valence-corrected chi connectivity index (χ3v) is 7.46. The van der Waals surface area contributed by atoms with Crippen LogP contribution in [0.5, 0.6) is 0 Å². The lowest BCUT2D eigenvalue weighted by molar-refractivity contribution is -0.148. The standard InChI is InChI=1S/C24H41N5O4/c1-27(18-7-3-2-4-8-18)21(17-22(30)31)23(32)29-13-6-5-9-19(29)12-16-33-20-10-14-28(15-11-20)24(25)26/h2-3,18-21H,4-17H2,1H3,(H3,25,26)(H,30,31)/t18?,19?,21-/m0/s1. The maximum atomic E-state index is 13.6. The summed E-state index contributed by atoms with van der Waals surface area (Å²) in [5.74, 6) is -0.857. The first-order valence-corrected chi connectivity index (χ1v) is 12.5. The molecule has 3 aliphatic rings. The van der Waals surface area contributed by atoms with E-state index < -0.39 is 12.0 Å². The monoisotopic (exact) mass is 463 g/mol. The number of rotatable bonds is 9. The molecule has 4 N–H and O–H groups in total. The number of carbonyl (C=O) groups is 2. The van der Waals surface area contributed by atoms with Crippen molar-refractivity contribution in [1.82, 2.24) is 14.7 Å². The normalized spacial score (nSPS) is 25.3. The van der Waals surface area contributed by atoms with Crippen LogP contribution in [0.4, 0.5) is 0 Å². The first-order chi connectivity index (χ1) is 15.9. The van der Waals surface area contributed by atoms with Gasteiger partial charge in [0.2, 0.25) is 5.91 Å². The van der Waals surface area contributed by atoms with E-state index in [1.165, 1.54) is 0 Å². The molecule has 0 saturated carbocycles. The molecular formula is C24H41N5O4. The zero-order chi connectivity index (χ0) is 23.8. The predicted octanol–water partition coefficient (Wildman–Crippen LogP) is 2.02. The first-order valence-electron chi connectivity index (χ1n) is 12.5. The van der Waals surface area contributed by atoms with Crippen molar-refractivity contribution >= 4 is 17.8 Å². The number of amides is 1. The number of hydrogen-bond acceptors (Lipinski definition) is 5. The van der Waals surface area contributed by atoms with Crippen LogP contribution in [0.2, 0.25) is 0 Å². The Balaban J connectivity index is 1.56. The lowest BCUT2D eigenvalue weighted by Gasteiger charge is -2.42. The average Bonchev–Trinajstić information content (AvgIpc) is 2.83. The number of carboxylic acid groups (broad SMARTS) is 1. The number of nitrogens with zero attached hydrogens (tertiary/aromatic N) is 3. The molecule has 2 saturated heterocycles. The molecule has 0 spiro atoms. The minimum absolute atomic E-state index is 0.0473. The van der Waals surface area contributed by atoms with Crippen molar-refractivity contribution in [2.24, 2.45) is 5.73 Å².